The molecule has 0 aliphatic heterocycles. The van der Waals surface area contributed by atoms with Gasteiger partial charge in [-0.1, -0.05) is 78.4 Å². The van der Waals surface area contributed by atoms with Crippen molar-refractivity contribution in [2.45, 2.75) is 57.1 Å². The Morgan fingerprint density at radius 3 is 2.02 bits per heavy atom. The number of hydrogen-bond acceptors (Lipinski definition) is 5. The van der Waals surface area contributed by atoms with E-state index in [9.17, 15) is 18.0 Å². The van der Waals surface area contributed by atoms with Gasteiger partial charge in [0.05, 0.1) is 17.7 Å². The van der Waals surface area contributed by atoms with Crippen molar-refractivity contribution in [2.24, 2.45) is 0 Å². The second kappa shape index (κ2) is 14.4. The molecule has 1 N–H and O–H groups in total. The van der Waals surface area contributed by atoms with E-state index in [1.54, 1.807) is 61.7 Å². The molecule has 45 heavy (non-hydrogen) atoms. The minimum atomic E-state index is -4.15. The van der Waals surface area contributed by atoms with Gasteiger partial charge in [0.15, 0.2) is 0 Å². The number of para-hydroxylation sites is 1. The molecule has 9 heteroatoms. The average Bonchev–Trinajstić information content (AvgIpc) is 3.01. The molecule has 4 rings (SSSR count). The molecule has 0 radical (unpaired) electrons. The van der Waals surface area contributed by atoms with Crippen LogP contribution in [0.1, 0.15) is 37.5 Å². The first-order valence-corrected chi connectivity index (χ1v) is 16.2. The van der Waals surface area contributed by atoms with Crippen molar-refractivity contribution >= 4 is 27.5 Å². The minimum absolute atomic E-state index is 0.0539. The van der Waals surface area contributed by atoms with Gasteiger partial charge in [0.1, 0.15) is 18.3 Å². The number of ether oxygens (including phenoxy) is 1. The van der Waals surface area contributed by atoms with E-state index in [4.69, 9.17) is 4.74 Å². The molecule has 0 fully saturated rings. The van der Waals surface area contributed by atoms with Gasteiger partial charge in [-0.2, -0.15) is 0 Å². The number of nitrogens with one attached hydrogen (secondary N) is 1. The quantitative estimate of drug-likeness (QED) is 0.216. The highest BCUT2D eigenvalue weighted by Gasteiger charge is 2.35. The van der Waals surface area contributed by atoms with Crippen LogP contribution in [0.4, 0.5) is 5.69 Å². The Hall–Kier alpha value is -4.63. The summed E-state index contributed by atoms with van der Waals surface area (Å²) in [5.74, 6) is -0.260. The topological polar surface area (TPSA) is 96.0 Å². The number of methoxy groups -OCH3 is 1. The second-order valence-corrected chi connectivity index (χ2v) is 13.8. The van der Waals surface area contributed by atoms with Gasteiger partial charge in [0, 0.05) is 18.5 Å². The Morgan fingerprint density at radius 2 is 1.42 bits per heavy atom. The lowest BCUT2D eigenvalue weighted by Crippen LogP contribution is -2.56. The molecular weight excluding hydrogens is 586 g/mol. The van der Waals surface area contributed by atoms with E-state index in [-0.39, 0.29) is 23.8 Å². The van der Waals surface area contributed by atoms with Gasteiger partial charge in [-0.05, 0) is 75.2 Å². The molecule has 0 saturated heterocycles. The number of sulfonamides is 1. The fourth-order valence-corrected chi connectivity index (χ4v) is 6.35. The number of benzene rings is 4. The van der Waals surface area contributed by atoms with Gasteiger partial charge in [-0.25, -0.2) is 8.42 Å². The van der Waals surface area contributed by atoms with E-state index in [0.717, 1.165) is 21.0 Å². The fraction of sp³-hybridized carbons (Fsp3) is 0.278. The Labute approximate surface area is 266 Å². The van der Waals surface area contributed by atoms with E-state index >= 15 is 0 Å². The fourth-order valence-electron chi connectivity index (χ4n) is 4.93. The summed E-state index contributed by atoms with van der Waals surface area (Å²) < 4.78 is 34.7. The minimum Gasteiger partial charge on any atom is -0.497 e. The monoisotopic (exact) mass is 627 g/mol. The van der Waals surface area contributed by atoms with Gasteiger partial charge < -0.3 is 15.0 Å². The number of anilines is 1. The van der Waals surface area contributed by atoms with Crippen molar-refractivity contribution < 1.29 is 22.7 Å². The van der Waals surface area contributed by atoms with Gasteiger partial charge in [-0.3, -0.25) is 13.9 Å². The molecule has 0 aliphatic rings. The number of amides is 2. The van der Waals surface area contributed by atoms with Crippen LogP contribution in [-0.2, 0) is 32.6 Å². The van der Waals surface area contributed by atoms with E-state index in [1.165, 1.54) is 17.0 Å². The second-order valence-electron chi connectivity index (χ2n) is 12.0. The standard InChI is InChI=1S/C36H41N3O5S/c1-27-19-21-32(22-20-27)45(42,43)39(30-16-10-7-11-17-30)26-34(40)38(25-29-15-12-18-31(23-29)44-5)33(35(41)37-36(2,3)4)24-28-13-8-6-9-14-28/h6-23,33H,24-26H2,1-5H3,(H,37,41)/t33-/m0/s1. The molecule has 4 aromatic carbocycles. The lowest BCUT2D eigenvalue weighted by atomic mass is 10.0. The number of carbonyl (C=O) groups excluding carboxylic acids is 2. The highest BCUT2D eigenvalue weighted by Crippen LogP contribution is 2.26. The van der Waals surface area contributed by atoms with Crippen LogP contribution in [0.5, 0.6) is 5.75 Å². The van der Waals surface area contributed by atoms with Crippen molar-refractivity contribution in [3.05, 3.63) is 126 Å². The smallest absolute Gasteiger partial charge is 0.264 e. The SMILES string of the molecule is COc1cccc(CN(C(=O)CN(c2ccccc2)S(=O)(=O)c2ccc(C)cc2)[C@@H](Cc2ccccc2)C(=O)NC(C)(C)C)c1. The Kier molecular flexibility index (Phi) is 10.7. The normalized spacial score (nSPS) is 12.2. The molecular formula is C36H41N3O5S. The summed E-state index contributed by atoms with van der Waals surface area (Å²) in [6.07, 6.45) is 0.231. The number of nitrogens with zero attached hydrogens (tertiary/aromatic N) is 2. The zero-order valence-electron chi connectivity index (χ0n) is 26.4. The van der Waals surface area contributed by atoms with Gasteiger partial charge >= 0.3 is 0 Å². The van der Waals surface area contributed by atoms with Crippen molar-refractivity contribution in [2.75, 3.05) is 18.0 Å². The van der Waals surface area contributed by atoms with Crippen LogP contribution in [0.3, 0.4) is 0 Å². The predicted molar refractivity (Wildman–Crippen MR) is 178 cm³/mol. The summed E-state index contributed by atoms with van der Waals surface area (Å²) in [5, 5.41) is 3.04. The van der Waals surface area contributed by atoms with Crippen LogP contribution in [0.15, 0.2) is 114 Å². The Balaban J connectivity index is 1.81. The first-order chi connectivity index (χ1) is 21.4. The average molecular weight is 628 g/mol. The van der Waals surface area contributed by atoms with Crippen molar-refractivity contribution in [1.82, 2.24) is 10.2 Å². The molecule has 8 nitrogen and oxygen atoms in total. The summed E-state index contributed by atoms with van der Waals surface area (Å²) in [7, 11) is -2.59. The van der Waals surface area contributed by atoms with Crippen LogP contribution in [0.25, 0.3) is 0 Å². The maximum absolute atomic E-state index is 14.5. The van der Waals surface area contributed by atoms with E-state index in [2.05, 4.69) is 5.32 Å². The largest absolute Gasteiger partial charge is 0.497 e. The Morgan fingerprint density at radius 1 is 0.822 bits per heavy atom. The van der Waals surface area contributed by atoms with Crippen molar-refractivity contribution in [1.29, 1.82) is 0 Å². The number of aryl methyl sites for hydroxylation is 1. The number of rotatable bonds is 12. The molecule has 236 valence electrons. The molecule has 2 amide bonds. The molecule has 0 unspecified atom stereocenters. The lowest BCUT2D eigenvalue weighted by molar-refractivity contribution is -0.140. The third-order valence-electron chi connectivity index (χ3n) is 7.19. The summed E-state index contributed by atoms with van der Waals surface area (Å²) in [5.41, 5.74) is 2.28. The molecule has 0 bridgehead atoms. The maximum atomic E-state index is 14.5. The Bertz CT molecular complexity index is 1690. The van der Waals surface area contributed by atoms with Crippen molar-refractivity contribution in [3.63, 3.8) is 0 Å². The van der Waals surface area contributed by atoms with E-state index in [1.807, 2.05) is 70.2 Å². The summed E-state index contributed by atoms with van der Waals surface area (Å²) in [4.78, 5) is 30.0. The van der Waals surface area contributed by atoms with Crippen LogP contribution in [0, 0.1) is 6.92 Å². The third kappa shape index (κ3) is 8.95. The van der Waals surface area contributed by atoms with Gasteiger partial charge in [-0.15, -0.1) is 0 Å². The summed E-state index contributed by atoms with van der Waals surface area (Å²) in [6, 6.07) is 30.8. The zero-order chi connectivity index (χ0) is 32.6. The summed E-state index contributed by atoms with van der Waals surface area (Å²) in [6.45, 7) is 7.05. The van der Waals surface area contributed by atoms with E-state index < -0.39 is 34.1 Å². The number of carbonyl (C=O) groups is 2. The van der Waals surface area contributed by atoms with Gasteiger partial charge in [0.25, 0.3) is 10.0 Å². The molecule has 0 saturated carbocycles. The first-order valence-electron chi connectivity index (χ1n) is 14.8. The highest BCUT2D eigenvalue weighted by molar-refractivity contribution is 7.92. The van der Waals surface area contributed by atoms with Crippen LogP contribution >= 0.6 is 0 Å². The first kappa shape index (κ1) is 33.3. The highest BCUT2D eigenvalue weighted by atomic mass is 32.2. The van der Waals surface area contributed by atoms with Crippen LogP contribution in [0.2, 0.25) is 0 Å². The molecule has 0 aromatic heterocycles. The molecule has 4 aromatic rings. The summed E-state index contributed by atoms with van der Waals surface area (Å²) >= 11 is 0. The molecule has 0 spiro atoms. The maximum Gasteiger partial charge on any atom is 0.264 e. The number of hydrogen-bond donors (Lipinski definition) is 1. The third-order valence-corrected chi connectivity index (χ3v) is 8.98. The lowest BCUT2D eigenvalue weighted by Gasteiger charge is -2.35. The van der Waals surface area contributed by atoms with Crippen molar-refractivity contribution in [3.8, 4) is 5.75 Å². The molecule has 0 aliphatic carbocycles. The van der Waals surface area contributed by atoms with Gasteiger partial charge in [0.2, 0.25) is 11.8 Å². The van der Waals surface area contributed by atoms with Crippen LogP contribution in [-0.4, -0.2) is 50.4 Å². The molecule has 1 atom stereocenters. The predicted octanol–water partition coefficient (Wildman–Crippen LogP) is 5.75. The zero-order valence-corrected chi connectivity index (χ0v) is 27.3. The van der Waals surface area contributed by atoms with E-state index in [0.29, 0.717) is 11.4 Å². The molecule has 0 heterocycles. The van der Waals surface area contributed by atoms with Crippen LogP contribution < -0.4 is 14.4 Å².